The molecule has 0 N–H and O–H groups in total. The second-order valence-electron chi connectivity index (χ2n) is 9.71. The van der Waals surface area contributed by atoms with Gasteiger partial charge in [0.25, 0.3) is 0 Å². The van der Waals surface area contributed by atoms with Gasteiger partial charge in [-0.3, -0.25) is 9.59 Å². The van der Waals surface area contributed by atoms with E-state index in [4.69, 9.17) is 9.16 Å². The zero-order valence-electron chi connectivity index (χ0n) is 21.3. The minimum Gasteiger partial charge on any atom is -0.468 e. The van der Waals surface area contributed by atoms with Crippen LogP contribution in [0.3, 0.4) is 0 Å². The number of ether oxygens (including phenoxy) is 1. The summed E-state index contributed by atoms with van der Waals surface area (Å²) in [7, 11) is -0.426. The Kier molecular flexibility index (Phi) is 18.0. The Labute approximate surface area is 193 Å². The number of unbranched alkanes of at least 4 members (excludes halogenated alkanes) is 10. The number of ketones is 1. The first-order valence-electron chi connectivity index (χ1n) is 12.7. The van der Waals surface area contributed by atoms with Crippen LogP contribution in [0, 0.1) is 5.92 Å². The van der Waals surface area contributed by atoms with Gasteiger partial charge in [-0.2, -0.15) is 0 Å². The number of hydrogen-bond donors (Lipinski definition) is 0. The Morgan fingerprint density at radius 1 is 0.839 bits per heavy atom. The lowest BCUT2D eigenvalue weighted by Gasteiger charge is -2.27. The Morgan fingerprint density at radius 2 is 1.39 bits per heavy atom. The van der Waals surface area contributed by atoms with Crippen molar-refractivity contribution in [2.75, 3.05) is 7.11 Å². The van der Waals surface area contributed by atoms with Crippen LogP contribution in [0.15, 0.2) is 12.2 Å². The third kappa shape index (κ3) is 17.3. The molecule has 0 aliphatic carbocycles. The third-order valence-electron chi connectivity index (χ3n) is 5.43. The maximum atomic E-state index is 12.9. The molecule has 0 saturated heterocycles. The van der Waals surface area contributed by atoms with Gasteiger partial charge in [0.15, 0.2) is 14.1 Å². The lowest BCUT2D eigenvalue weighted by Crippen LogP contribution is -2.35. The summed E-state index contributed by atoms with van der Waals surface area (Å²) in [6.07, 6.45) is 19.3. The molecule has 2 atom stereocenters. The van der Waals surface area contributed by atoms with E-state index in [0.29, 0.717) is 6.42 Å². The van der Waals surface area contributed by atoms with E-state index in [1.807, 2.05) is 6.08 Å². The van der Waals surface area contributed by atoms with Crippen molar-refractivity contribution in [1.29, 1.82) is 0 Å². The summed E-state index contributed by atoms with van der Waals surface area (Å²) in [5, 5.41) is 0. The molecule has 31 heavy (non-hydrogen) atoms. The molecule has 182 valence electrons. The van der Waals surface area contributed by atoms with Crippen molar-refractivity contribution in [3.8, 4) is 0 Å². The average molecular weight is 455 g/mol. The molecule has 0 saturated carbocycles. The normalized spacial score (nSPS) is 14.0. The van der Waals surface area contributed by atoms with Crippen molar-refractivity contribution in [2.45, 2.75) is 129 Å². The van der Waals surface area contributed by atoms with Crippen LogP contribution >= 0.6 is 0 Å². The van der Waals surface area contributed by atoms with Gasteiger partial charge in [-0.15, -0.1) is 0 Å². The van der Waals surface area contributed by atoms with E-state index in [0.717, 1.165) is 32.1 Å². The molecule has 0 bridgehead atoms. The molecule has 1 unspecified atom stereocenters. The fraction of sp³-hybridized carbons (Fsp3) is 0.846. The fourth-order valence-corrected chi connectivity index (χ4v) is 4.94. The first-order chi connectivity index (χ1) is 14.7. The monoisotopic (exact) mass is 454 g/mol. The van der Waals surface area contributed by atoms with Crippen LogP contribution in [0.5, 0.6) is 0 Å². The van der Waals surface area contributed by atoms with Crippen LogP contribution in [0.25, 0.3) is 0 Å². The number of carbonyl (C=O) groups is 2. The molecule has 0 spiro atoms. The molecule has 0 fully saturated rings. The van der Waals surface area contributed by atoms with E-state index in [9.17, 15) is 9.59 Å². The molecule has 0 aliphatic heterocycles. The van der Waals surface area contributed by atoms with Crippen molar-refractivity contribution >= 4 is 20.1 Å². The van der Waals surface area contributed by atoms with Gasteiger partial charge in [0.1, 0.15) is 5.92 Å². The van der Waals surface area contributed by atoms with Crippen LogP contribution in [0.4, 0.5) is 0 Å². The Hall–Kier alpha value is -0.943. The van der Waals surface area contributed by atoms with Gasteiger partial charge in [0, 0.05) is 6.42 Å². The smallest absolute Gasteiger partial charge is 0.320 e. The van der Waals surface area contributed by atoms with Crippen LogP contribution in [0.1, 0.15) is 104 Å². The summed E-state index contributed by atoms with van der Waals surface area (Å²) in [6, 6.07) is 0. The number of hydrogen-bond acceptors (Lipinski definition) is 4. The quantitative estimate of drug-likeness (QED) is 0.0624. The molecule has 0 heterocycles. The van der Waals surface area contributed by atoms with E-state index in [2.05, 4.69) is 33.5 Å². The maximum Gasteiger partial charge on any atom is 0.320 e. The highest BCUT2D eigenvalue weighted by molar-refractivity contribution is 6.69. The molecule has 0 rings (SSSR count). The highest BCUT2D eigenvalue weighted by atomic mass is 28.4. The molecule has 5 heteroatoms. The lowest BCUT2D eigenvalue weighted by molar-refractivity contribution is -0.147. The first-order valence-corrected chi connectivity index (χ1v) is 16.1. The highest BCUT2D eigenvalue weighted by Crippen LogP contribution is 2.20. The average Bonchev–Trinajstić information content (AvgIpc) is 2.70. The second-order valence-corrected chi connectivity index (χ2v) is 14.2. The Balaban J connectivity index is 4.65. The first kappa shape index (κ1) is 30.1. The van der Waals surface area contributed by atoms with Crippen LogP contribution in [-0.2, 0) is 18.8 Å². The van der Waals surface area contributed by atoms with Crippen molar-refractivity contribution in [3.63, 3.8) is 0 Å². The van der Waals surface area contributed by atoms with Crippen LogP contribution in [0.2, 0.25) is 19.6 Å². The van der Waals surface area contributed by atoms with Crippen molar-refractivity contribution in [3.05, 3.63) is 12.2 Å². The van der Waals surface area contributed by atoms with Gasteiger partial charge in [0.05, 0.1) is 13.2 Å². The van der Waals surface area contributed by atoms with Crippen molar-refractivity contribution in [1.82, 2.24) is 0 Å². The number of allylic oxidation sites excluding steroid dienone is 1. The molecule has 0 aliphatic rings. The molecule has 0 aromatic heterocycles. The molecular formula is C26H50O4Si. The number of esters is 1. The summed E-state index contributed by atoms with van der Waals surface area (Å²) < 4.78 is 11.2. The van der Waals surface area contributed by atoms with Gasteiger partial charge in [-0.25, -0.2) is 0 Å². The highest BCUT2D eigenvalue weighted by Gasteiger charge is 2.29. The van der Waals surface area contributed by atoms with Crippen LogP contribution in [-0.4, -0.2) is 33.3 Å². The van der Waals surface area contributed by atoms with E-state index in [1.165, 1.54) is 58.5 Å². The van der Waals surface area contributed by atoms with E-state index in [1.54, 1.807) is 6.08 Å². The summed E-state index contributed by atoms with van der Waals surface area (Å²) in [4.78, 5) is 25.1. The van der Waals surface area contributed by atoms with Gasteiger partial charge < -0.3 is 9.16 Å². The zero-order valence-corrected chi connectivity index (χ0v) is 22.3. The summed E-state index contributed by atoms with van der Waals surface area (Å²) in [5.41, 5.74) is 0. The Bertz CT molecular complexity index is 496. The standard InChI is InChI=1S/C26H50O4Si/c1-7-9-11-13-14-15-16-17-18-20-23(30-31(4,5)6)22-25(27)24(26(28)29-3)21-19-12-10-8-2/h19,21,23-24H,7-18,20,22H2,1-6H3/t23-,24?/m1/s1. The van der Waals surface area contributed by atoms with Gasteiger partial charge in [-0.05, 0) is 32.5 Å². The second kappa shape index (κ2) is 18.6. The summed E-state index contributed by atoms with van der Waals surface area (Å²) in [5.74, 6) is -1.36. The van der Waals surface area contributed by atoms with E-state index >= 15 is 0 Å². The largest absolute Gasteiger partial charge is 0.468 e. The number of rotatable bonds is 20. The fourth-order valence-electron chi connectivity index (χ4n) is 3.74. The Morgan fingerprint density at radius 3 is 1.90 bits per heavy atom. The van der Waals surface area contributed by atoms with Crippen molar-refractivity contribution < 1.29 is 18.8 Å². The molecule has 0 amide bonds. The van der Waals surface area contributed by atoms with Gasteiger partial charge in [0.2, 0.25) is 0 Å². The molecule has 4 nitrogen and oxygen atoms in total. The van der Waals surface area contributed by atoms with E-state index < -0.39 is 20.2 Å². The zero-order chi connectivity index (χ0) is 23.5. The number of carbonyl (C=O) groups excluding carboxylic acids is 2. The van der Waals surface area contributed by atoms with Gasteiger partial charge >= 0.3 is 5.97 Å². The lowest BCUT2D eigenvalue weighted by atomic mass is 9.95. The number of Topliss-reactive ketones (excluding diaryl/α,β-unsaturated/α-hetero) is 1. The van der Waals surface area contributed by atoms with Crippen molar-refractivity contribution in [2.24, 2.45) is 5.92 Å². The minimum atomic E-state index is -1.77. The summed E-state index contributed by atoms with van der Waals surface area (Å²) in [6.45, 7) is 10.8. The topological polar surface area (TPSA) is 52.6 Å². The van der Waals surface area contributed by atoms with E-state index in [-0.39, 0.29) is 11.9 Å². The SMILES string of the molecule is CCCCC=CC(C(=O)C[C@@H](CCCCCCCCCCC)O[Si](C)(C)C)C(=O)OC. The molecule has 0 aromatic carbocycles. The van der Waals surface area contributed by atoms with Crippen LogP contribution < -0.4 is 0 Å². The predicted molar refractivity (Wildman–Crippen MR) is 134 cm³/mol. The minimum absolute atomic E-state index is 0.0845. The summed E-state index contributed by atoms with van der Waals surface area (Å²) >= 11 is 0. The molecular weight excluding hydrogens is 404 g/mol. The predicted octanol–water partition coefficient (Wildman–Crippen LogP) is 7.62. The number of methoxy groups -OCH3 is 1. The molecule has 0 aromatic rings. The maximum absolute atomic E-state index is 12.9. The molecule has 0 radical (unpaired) electrons. The van der Waals surface area contributed by atoms with Gasteiger partial charge in [-0.1, -0.05) is 96.6 Å². The third-order valence-corrected chi connectivity index (χ3v) is 6.47.